The second-order valence-electron chi connectivity index (χ2n) is 6.91. The molecule has 128 valence electrons. The quantitative estimate of drug-likeness (QED) is 0.854. The number of anilines is 1. The van der Waals surface area contributed by atoms with E-state index in [9.17, 15) is 4.79 Å². The summed E-state index contributed by atoms with van der Waals surface area (Å²) in [5, 5.41) is 1.76. The summed E-state index contributed by atoms with van der Waals surface area (Å²) in [6.07, 6.45) is 0. The number of nitrogens with two attached hydrogens (primary N) is 1. The van der Waals surface area contributed by atoms with Crippen LogP contribution in [0.25, 0.3) is 0 Å². The van der Waals surface area contributed by atoms with Crippen LogP contribution < -0.4 is 10.5 Å². The minimum Gasteiger partial charge on any atom is -0.495 e. The summed E-state index contributed by atoms with van der Waals surface area (Å²) in [6.45, 7) is 9.55. The molecule has 0 radical (unpaired) electrons. The maximum atomic E-state index is 11.9. The third-order valence-corrected chi connectivity index (χ3v) is 3.86. The maximum absolute atomic E-state index is 11.9. The molecule has 1 fully saturated rings. The molecule has 1 aromatic carbocycles. The molecule has 0 bridgehead atoms. The number of hydrogen-bond donors (Lipinski definition) is 1. The Bertz CT molecular complexity index is 547. The van der Waals surface area contributed by atoms with E-state index < -0.39 is 5.41 Å². The maximum Gasteiger partial charge on any atom is 0.330 e. The molecule has 23 heavy (non-hydrogen) atoms. The van der Waals surface area contributed by atoms with Crippen LogP contribution in [0.1, 0.15) is 26.3 Å². The van der Waals surface area contributed by atoms with Gasteiger partial charge in [0.05, 0.1) is 18.2 Å². The molecule has 0 aromatic heterocycles. The van der Waals surface area contributed by atoms with Crippen molar-refractivity contribution < 1.29 is 14.4 Å². The van der Waals surface area contributed by atoms with E-state index in [4.69, 9.17) is 15.3 Å². The second kappa shape index (κ2) is 7.19. The zero-order valence-electron chi connectivity index (χ0n) is 14.5. The first-order valence-corrected chi connectivity index (χ1v) is 7.91. The number of carbonyl (C=O) groups is 1. The smallest absolute Gasteiger partial charge is 0.330 e. The van der Waals surface area contributed by atoms with E-state index in [1.807, 2.05) is 39.0 Å². The summed E-state index contributed by atoms with van der Waals surface area (Å²) in [6, 6.07) is 5.86. The minimum atomic E-state index is -0.475. The topological polar surface area (TPSA) is 68.0 Å². The first-order chi connectivity index (χ1) is 10.8. The predicted octanol–water partition coefficient (Wildman–Crippen LogP) is 1.90. The Morgan fingerprint density at radius 2 is 1.87 bits per heavy atom. The van der Waals surface area contributed by atoms with Gasteiger partial charge >= 0.3 is 5.97 Å². The highest BCUT2D eigenvalue weighted by atomic mass is 16.7. The van der Waals surface area contributed by atoms with E-state index in [1.54, 1.807) is 12.2 Å². The Morgan fingerprint density at radius 1 is 1.22 bits per heavy atom. The van der Waals surface area contributed by atoms with Crippen molar-refractivity contribution in [2.45, 2.75) is 27.3 Å². The Hall–Kier alpha value is -1.79. The highest BCUT2D eigenvalue weighted by molar-refractivity contribution is 5.75. The summed E-state index contributed by atoms with van der Waals surface area (Å²) in [5.74, 6) is 0.523. The van der Waals surface area contributed by atoms with Crippen molar-refractivity contribution in [3.05, 3.63) is 23.8 Å². The zero-order valence-corrected chi connectivity index (χ0v) is 14.5. The van der Waals surface area contributed by atoms with Crippen LogP contribution in [0.5, 0.6) is 5.75 Å². The minimum absolute atomic E-state index is 0.186. The van der Waals surface area contributed by atoms with Gasteiger partial charge in [-0.1, -0.05) is 6.07 Å². The largest absolute Gasteiger partial charge is 0.495 e. The number of carbonyl (C=O) groups excluding carboxylic acids is 1. The van der Waals surface area contributed by atoms with Gasteiger partial charge in [-0.25, -0.2) is 4.79 Å². The number of ether oxygens (including phenoxy) is 1. The van der Waals surface area contributed by atoms with Crippen LogP contribution in [0.2, 0.25) is 0 Å². The molecule has 1 saturated heterocycles. The summed E-state index contributed by atoms with van der Waals surface area (Å²) in [7, 11) is 1.62. The van der Waals surface area contributed by atoms with Crippen LogP contribution in [0, 0.1) is 5.41 Å². The van der Waals surface area contributed by atoms with Gasteiger partial charge in [0.1, 0.15) is 5.75 Å². The van der Waals surface area contributed by atoms with E-state index >= 15 is 0 Å². The monoisotopic (exact) mass is 321 g/mol. The first-order valence-electron chi connectivity index (χ1n) is 7.91. The lowest BCUT2D eigenvalue weighted by molar-refractivity contribution is -0.207. The van der Waals surface area contributed by atoms with Crippen LogP contribution in [0.4, 0.5) is 5.69 Å². The Balaban J connectivity index is 1.84. The first kappa shape index (κ1) is 17.6. The Morgan fingerprint density at radius 3 is 2.43 bits per heavy atom. The molecule has 0 saturated carbocycles. The molecule has 0 spiro atoms. The lowest BCUT2D eigenvalue weighted by Gasteiger charge is -2.34. The molecule has 6 heteroatoms. The number of rotatable bonds is 4. The van der Waals surface area contributed by atoms with E-state index in [2.05, 4.69) is 4.90 Å². The third kappa shape index (κ3) is 4.84. The summed E-state index contributed by atoms with van der Waals surface area (Å²) in [4.78, 5) is 19.7. The van der Waals surface area contributed by atoms with Gasteiger partial charge < -0.3 is 15.3 Å². The number of benzene rings is 1. The number of piperazine rings is 1. The van der Waals surface area contributed by atoms with Crippen molar-refractivity contribution >= 4 is 11.7 Å². The van der Waals surface area contributed by atoms with Gasteiger partial charge in [0, 0.05) is 32.7 Å². The number of nitrogen functional groups attached to an aromatic ring is 1. The molecular formula is C17H27N3O3. The lowest BCUT2D eigenvalue weighted by Crippen LogP contribution is -2.47. The Kier molecular flexibility index (Phi) is 5.49. The second-order valence-corrected chi connectivity index (χ2v) is 6.91. The van der Waals surface area contributed by atoms with Crippen LogP contribution in [-0.4, -0.2) is 49.2 Å². The van der Waals surface area contributed by atoms with Gasteiger partial charge in [0.2, 0.25) is 0 Å². The average Bonchev–Trinajstić information content (AvgIpc) is 2.50. The molecule has 2 N–H and O–H groups in total. The molecule has 0 unspecified atom stereocenters. The fraction of sp³-hybridized carbons (Fsp3) is 0.588. The standard InChI is InChI=1S/C17H27N3O3/c1-17(2,3)16(21)23-20-9-7-19(8-10-20)12-13-5-6-14(18)15(11-13)22-4/h5-6,11H,7-10,12,18H2,1-4H3. The van der Waals surface area contributed by atoms with E-state index in [1.165, 1.54) is 0 Å². The molecule has 2 rings (SSSR count). The van der Waals surface area contributed by atoms with Gasteiger partial charge in [0.25, 0.3) is 0 Å². The van der Waals surface area contributed by atoms with Crippen LogP contribution in [0.15, 0.2) is 18.2 Å². The molecule has 0 amide bonds. The van der Waals surface area contributed by atoms with Crippen molar-refractivity contribution in [2.75, 3.05) is 39.0 Å². The molecule has 0 aliphatic carbocycles. The molecule has 0 atom stereocenters. The van der Waals surface area contributed by atoms with Crippen molar-refractivity contribution in [2.24, 2.45) is 5.41 Å². The average molecular weight is 321 g/mol. The molecule has 6 nitrogen and oxygen atoms in total. The van der Waals surface area contributed by atoms with Gasteiger partial charge in [-0.3, -0.25) is 4.90 Å². The molecule has 1 aliphatic rings. The van der Waals surface area contributed by atoms with E-state index in [-0.39, 0.29) is 5.97 Å². The van der Waals surface area contributed by atoms with Crippen LogP contribution in [0.3, 0.4) is 0 Å². The molecule has 1 aliphatic heterocycles. The van der Waals surface area contributed by atoms with Gasteiger partial charge in [-0.2, -0.15) is 0 Å². The van der Waals surface area contributed by atoms with Crippen molar-refractivity contribution in [1.29, 1.82) is 0 Å². The fourth-order valence-corrected chi connectivity index (χ4v) is 2.35. The molecule has 1 aromatic rings. The fourth-order valence-electron chi connectivity index (χ4n) is 2.35. The number of methoxy groups -OCH3 is 1. The highest BCUT2D eigenvalue weighted by Crippen LogP contribution is 2.23. The number of hydrogen-bond acceptors (Lipinski definition) is 6. The SMILES string of the molecule is COc1cc(CN2CCN(OC(=O)C(C)(C)C)CC2)ccc1N. The van der Waals surface area contributed by atoms with Crippen molar-refractivity contribution in [3.8, 4) is 5.75 Å². The van der Waals surface area contributed by atoms with E-state index in [0.717, 1.165) is 25.2 Å². The summed E-state index contributed by atoms with van der Waals surface area (Å²) < 4.78 is 5.26. The van der Waals surface area contributed by atoms with Crippen molar-refractivity contribution in [3.63, 3.8) is 0 Å². The van der Waals surface area contributed by atoms with Crippen LogP contribution in [-0.2, 0) is 16.2 Å². The third-order valence-electron chi connectivity index (χ3n) is 3.86. The van der Waals surface area contributed by atoms with Gasteiger partial charge in [-0.15, -0.1) is 5.06 Å². The van der Waals surface area contributed by atoms with Gasteiger partial charge in [0.15, 0.2) is 0 Å². The molecular weight excluding hydrogens is 294 g/mol. The lowest BCUT2D eigenvalue weighted by atomic mass is 9.98. The Labute approximate surface area is 138 Å². The highest BCUT2D eigenvalue weighted by Gasteiger charge is 2.27. The summed E-state index contributed by atoms with van der Waals surface area (Å²) in [5.41, 5.74) is 7.18. The van der Waals surface area contributed by atoms with Crippen LogP contribution >= 0.6 is 0 Å². The number of hydroxylamine groups is 2. The normalized spacial score (nSPS) is 17.0. The predicted molar refractivity (Wildman–Crippen MR) is 89.8 cm³/mol. The van der Waals surface area contributed by atoms with E-state index in [0.29, 0.717) is 24.5 Å². The summed E-state index contributed by atoms with van der Waals surface area (Å²) >= 11 is 0. The zero-order chi connectivity index (χ0) is 17.0. The van der Waals surface area contributed by atoms with Crippen molar-refractivity contribution in [1.82, 2.24) is 9.96 Å². The number of nitrogens with zero attached hydrogens (tertiary/aromatic N) is 2. The van der Waals surface area contributed by atoms with Gasteiger partial charge in [-0.05, 0) is 38.5 Å². The molecule has 1 heterocycles.